The Hall–Kier alpha value is -2.18. The summed E-state index contributed by atoms with van der Waals surface area (Å²) in [6.07, 6.45) is 0. The van der Waals surface area contributed by atoms with Gasteiger partial charge in [0.25, 0.3) is 11.6 Å². The third kappa shape index (κ3) is 3.97. The van der Waals surface area contributed by atoms with Gasteiger partial charge < -0.3 is 4.90 Å². The summed E-state index contributed by atoms with van der Waals surface area (Å²) in [5.74, 6) is -1.53. The molecule has 0 N–H and O–H groups in total. The van der Waals surface area contributed by atoms with Gasteiger partial charge in [0, 0.05) is 19.7 Å². The number of non-ortho nitro benzene ring substituents is 1. The van der Waals surface area contributed by atoms with E-state index in [0.717, 1.165) is 23.8 Å². The highest BCUT2D eigenvalue weighted by molar-refractivity contribution is 6.42. The van der Waals surface area contributed by atoms with Gasteiger partial charge in [0.1, 0.15) is 5.82 Å². The predicted molar refractivity (Wildman–Crippen MR) is 85.3 cm³/mol. The summed E-state index contributed by atoms with van der Waals surface area (Å²) >= 11 is 11.7. The molecule has 0 fully saturated rings. The Kier molecular flexibility index (Phi) is 5.18. The highest BCUT2D eigenvalue weighted by Crippen LogP contribution is 2.24. The van der Waals surface area contributed by atoms with Gasteiger partial charge in [-0.3, -0.25) is 14.9 Å². The van der Waals surface area contributed by atoms with Crippen LogP contribution in [0.15, 0.2) is 36.4 Å². The molecule has 0 radical (unpaired) electrons. The van der Waals surface area contributed by atoms with Crippen LogP contribution in [0.25, 0.3) is 0 Å². The molecule has 5 nitrogen and oxygen atoms in total. The topological polar surface area (TPSA) is 63.5 Å². The Bertz CT molecular complexity index is 783. The average Bonchev–Trinajstić information content (AvgIpc) is 2.50. The third-order valence-corrected chi connectivity index (χ3v) is 3.88. The van der Waals surface area contributed by atoms with Crippen molar-refractivity contribution < 1.29 is 14.1 Å². The molecule has 1 amide bonds. The molecular formula is C15H11Cl2FN2O3. The van der Waals surface area contributed by atoms with Gasteiger partial charge in [0.15, 0.2) is 0 Å². The normalized spacial score (nSPS) is 10.4. The Morgan fingerprint density at radius 1 is 1.22 bits per heavy atom. The minimum absolute atomic E-state index is 0.187. The largest absolute Gasteiger partial charge is 0.337 e. The van der Waals surface area contributed by atoms with Gasteiger partial charge in [-0.1, -0.05) is 29.3 Å². The van der Waals surface area contributed by atoms with Crippen LogP contribution in [0.2, 0.25) is 10.0 Å². The molecule has 0 aliphatic rings. The summed E-state index contributed by atoms with van der Waals surface area (Å²) in [6.45, 7) is 0.187. The van der Waals surface area contributed by atoms with Gasteiger partial charge in [-0.2, -0.15) is 0 Å². The van der Waals surface area contributed by atoms with E-state index in [9.17, 15) is 19.3 Å². The lowest BCUT2D eigenvalue weighted by Crippen LogP contribution is -2.27. The standard InChI is InChI=1S/C15H11Cl2FN2O3/c1-19(8-9-2-5-12(16)13(17)6-9)15(21)11-4-3-10(20(22)23)7-14(11)18/h2-7H,8H2,1H3. The zero-order valence-electron chi connectivity index (χ0n) is 11.9. The number of benzene rings is 2. The fraction of sp³-hybridized carbons (Fsp3) is 0.133. The molecular weight excluding hydrogens is 346 g/mol. The van der Waals surface area contributed by atoms with Gasteiger partial charge >= 0.3 is 0 Å². The van der Waals surface area contributed by atoms with Gasteiger partial charge in [-0.05, 0) is 23.8 Å². The van der Waals surface area contributed by atoms with Crippen LogP contribution in [0.3, 0.4) is 0 Å². The van der Waals surface area contributed by atoms with Crippen molar-refractivity contribution >= 4 is 34.8 Å². The van der Waals surface area contributed by atoms with Crippen molar-refractivity contribution in [3.8, 4) is 0 Å². The van der Waals surface area contributed by atoms with E-state index in [1.807, 2.05) is 0 Å². The second-order valence-corrected chi connectivity index (χ2v) is 5.65. The molecule has 0 bridgehead atoms. The Labute approximate surface area is 141 Å². The first-order chi connectivity index (χ1) is 10.8. The molecule has 120 valence electrons. The Balaban J connectivity index is 2.19. The molecule has 0 saturated heterocycles. The fourth-order valence-corrected chi connectivity index (χ4v) is 2.30. The number of rotatable bonds is 4. The van der Waals surface area contributed by atoms with Crippen molar-refractivity contribution in [2.24, 2.45) is 0 Å². The molecule has 2 aromatic carbocycles. The molecule has 23 heavy (non-hydrogen) atoms. The van der Waals surface area contributed by atoms with E-state index in [4.69, 9.17) is 23.2 Å². The van der Waals surface area contributed by atoms with Gasteiger partial charge in [0.05, 0.1) is 26.6 Å². The van der Waals surface area contributed by atoms with Gasteiger partial charge in [0.2, 0.25) is 0 Å². The maximum Gasteiger partial charge on any atom is 0.272 e. The van der Waals surface area contributed by atoms with E-state index in [1.165, 1.54) is 11.9 Å². The molecule has 2 rings (SSSR count). The summed E-state index contributed by atoms with van der Waals surface area (Å²) in [6, 6.07) is 7.82. The minimum Gasteiger partial charge on any atom is -0.337 e. The van der Waals surface area contributed by atoms with Crippen LogP contribution in [0.1, 0.15) is 15.9 Å². The number of nitro groups is 1. The van der Waals surface area contributed by atoms with E-state index in [0.29, 0.717) is 10.0 Å². The van der Waals surface area contributed by atoms with E-state index in [-0.39, 0.29) is 12.1 Å². The Morgan fingerprint density at radius 2 is 1.91 bits per heavy atom. The third-order valence-electron chi connectivity index (χ3n) is 3.14. The summed E-state index contributed by atoms with van der Waals surface area (Å²) < 4.78 is 13.9. The number of carbonyl (C=O) groups is 1. The summed E-state index contributed by atoms with van der Waals surface area (Å²) in [5, 5.41) is 11.3. The molecule has 0 atom stereocenters. The zero-order chi connectivity index (χ0) is 17.1. The summed E-state index contributed by atoms with van der Waals surface area (Å²) in [5.41, 5.74) is 0.0712. The summed E-state index contributed by atoms with van der Waals surface area (Å²) in [4.78, 5) is 23.4. The molecule has 0 saturated carbocycles. The minimum atomic E-state index is -0.940. The molecule has 0 spiro atoms. The van der Waals surface area contributed by atoms with E-state index >= 15 is 0 Å². The molecule has 0 aliphatic heterocycles. The van der Waals surface area contributed by atoms with Crippen molar-refractivity contribution in [1.29, 1.82) is 0 Å². The number of halogens is 3. The predicted octanol–water partition coefficient (Wildman–Crippen LogP) is 4.31. The number of nitrogens with zero attached hydrogens (tertiary/aromatic N) is 2. The maximum atomic E-state index is 13.9. The molecule has 2 aromatic rings. The van der Waals surface area contributed by atoms with Crippen molar-refractivity contribution in [2.75, 3.05) is 7.05 Å². The van der Waals surface area contributed by atoms with Crippen LogP contribution in [-0.4, -0.2) is 22.8 Å². The lowest BCUT2D eigenvalue weighted by atomic mass is 10.1. The highest BCUT2D eigenvalue weighted by atomic mass is 35.5. The first-order valence-electron chi connectivity index (χ1n) is 6.43. The van der Waals surface area contributed by atoms with Gasteiger partial charge in [-0.15, -0.1) is 0 Å². The molecule has 0 aliphatic carbocycles. The number of nitro benzene ring substituents is 1. The smallest absolute Gasteiger partial charge is 0.272 e. The lowest BCUT2D eigenvalue weighted by Gasteiger charge is -2.18. The van der Waals surface area contributed by atoms with Crippen LogP contribution >= 0.6 is 23.2 Å². The SMILES string of the molecule is CN(Cc1ccc(Cl)c(Cl)c1)C(=O)c1ccc([N+](=O)[O-])cc1F. The lowest BCUT2D eigenvalue weighted by molar-refractivity contribution is -0.385. The molecule has 0 unspecified atom stereocenters. The van der Waals surface area contributed by atoms with Crippen LogP contribution < -0.4 is 0 Å². The number of amides is 1. The van der Waals surface area contributed by atoms with Gasteiger partial charge in [-0.25, -0.2) is 4.39 Å². The molecule has 0 heterocycles. The first kappa shape index (κ1) is 17.2. The second-order valence-electron chi connectivity index (χ2n) is 4.83. The van der Waals surface area contributed by atoms with E-state index < -0.39 is 22.3 Å². The van der Waals surface area contributed by atoms with Crippen molar-refractivity contribution in [3.63, 3.8) is 0 Å². The fourth-order valence-electron chi connectivity index (χ4n) is 1.98. The van der Waals surface area contributed by atoms with Crippen molar-refractivity contribution in [2.45, 2.75) is 6.54 Å². The van der Waals surface area contributed by atoms with Crippen LogP contribution in [-0.2, 0) is 6.54 Å². The average molecular weight is 357 g/mol. The molecule has 8 heteroatoms. The zero-order valence-corrected chi connectivity index (χ0v) is 13.4. The van der Waals surface area contributed by atoms with E-state index in [1.54, 1.807) is 18.2 Å². The number of carbonyl (C=O) groups excluding carboxylic acids is 1. The highest BCUT2D eigenvalue weighted by Gasteiger charge is 2.19. The monoisotopic (exact) mass is 356 g/mol. The maximum absolute atomic E-state index is 13.9. The van der Waals surface area contributed by atoms with Crippen molar-refractivity contribution in [1.82, 2.24) is 4.90 Å². The van der Waals surface area contributed by atoms with Crippen LogP contribution in [0, 0.1) is 15.9 Å². The quantitative estimate of drug-likeness (QED) is 0.605. The first-order valence-corrected chi connectivity index (χ1v) is 7.18. The second kappa shape index (κ2) is 6.93. The molecule has 0 aromatic heterocycles. The van der Waals surface area contributed by atoms with E-state index in [2.05, 4.69) is 0 Å². The number of hydrogen-bond acceptors (Lipinski definition) is 3. The Morgan fingerprint density at radius 3 is 2.48 bits per heavy atom. The summed E-state index contributed by atoms with van der Waals surface area (Å²) in [7, 11) is 1.49. The van der Waals surface area contributed by atoms with Crippen LogP contribution in [0.5, 0.6) is 0 Å². The van der Waals surface area contributed by atoms with Crippen LogP contribution in [0.4, 0.5) is 10.1 Å². The number of hydrogen-bond donors (Lipinski definition) is 0. The van der Waals surface area contributed by atoms with Crippen molar-refractivity contribution in [3.05, 3.63) is 73.5 Å².